The van der Waals surface area contributed by atoms with Crippen LogP contribution in [0.5, 0.6) is 0 Å². The van der Waals surface area contributed by atoms with Gasteiger partial charge in [-0.05, 0) is 0 Å². The van der Waals surface area contributed by atoms with Crippen LogP contribution in [0.1, 0.15) is 0 Å². The quantitative estimate of drug-likeness (QED) is 0.559. The molecular formula is C5H3F3N2. The summed E-state index contributed by atoms with van der Waals surface area (Å²) in [6.07, 6.45) is 0. The molecule has 0 aliphatic heterocycles. The number of nitrogens with two attached hydrogens (primary N) is 1. The minimum atomic E-state index is -1.33. The average Bonchev–Trinajstić information content (AvgIpc) is 1.82. The maximum Gasteiger partial charge on any atom is 0.217 e. The fraction of sp³-hybridized carbons (Fsp3) is 0. The van der Waals surface area contributed by atoms with Crippen molar-refractivity contribution in [1.82, 2.24) is 4.98 Å². The topological polar surface area (TPSA) is 38.9 Å². The van der Waals surface area contributed by atoms with Gasteiger partial charge in [-0.25, -0.2) is 4.39 Å². The molecule has 1 aromatic heterocycles. The first-order valence-corrected chi connectivity index (χ1v) is 2.38. The van der Waals surface area contributed by atoms with Gasteiger partial charge in [-0.2, -0.15) is 13.8 Å². The predicted molar refractivity (Wildman–Crippen MR) is 28.5 cm³/mol. The van der Waals surface area contributed by atoms with E-state index in [1.165, 1.54) is 0 Å². The van der Waals surface area contributed by atoms with E-state index in [0.29, 0.717) is 6.07 Å². The van der Waals surface area contributed by atoms with Crippen molar-refractivity contribution in [3.05, 3.63) is 23.6 Å². The summed E-state index contributed by atoms with van der Waals surface area (Å²) in [6, 6.07) is 0.325. The van der Waals surface area contributed by atoms with E-state index in [9.17, 15) is 13.2 Å². The molecule has 10 heavy (non-hydrogen) atoms. The second-order valence-corrected chi connectivity index (χ2v) is 1.63. The molecule has 0 aliphatic rings. The van der Waals surface area contributed by atoms with E-state index < -0.39 is 23.4 Å². The second kappa shape index (κ2) is 2.17. The van der Waals surface area contributed by atoms with Gasteiger partial charge in [-0.15, -0.1) is 0 Å². The van der Waals surface area contributed by atoms with Crippen molar-refractivity contribution < 1.29 is 13.2 Å². The number of hydrogen-bond donors (Lipinski definition) is 1. The lowest BCUT2D eigenvalue weighted by Gasteiger charge is -1.94. The van der Waals surface area contributed by atoms with E-state index in [4.69, 9.17) is 5.73 Å². The molecular weight excluding hydrogens is 145 g/mol. The number of pyridine rings is 1. The van der Waals surface area contributed by atoms with Crippen LogP contribution in [0, 0.1) is 17.6 Å². The lowest BCUT2D eigenvalue weighted by atomic mass is 10.4. The summed E-state index contributed by atoms with van der Waals surface area (Å²) < 4.78 is 36.3. The van der Waals surface area contributed by atoms with Crippen molar-refractivity contribution in [3.8, 4) is 0 Å². The number of rotatable bonds is 0. The van der Waals surface area contributed by atoms with Crippen LogP contribution in [0.25, 0.3) is 0 Å². The van der Waals surface area contributed by atoms with Crippen molar-refractivity contribution in [1.29, 1.82) is 0 Å². The molecule has 0 fully saturated rings. The molecule has 0 bridgehead atoms. The highest BCUT2D eigenvalue weighted by molar-refractivity contribution is 5.29. The number of aromatic nitrogens is 1. The Morgan fingerprint density at radius 2 is 1.90 bits per heavy atom. The number of halogens is 3. The minimum absolute atomic E-state index is 0.325. The van der Waals surface area contributed by atoms with Crippen molar-refractivity contribution in [2.45, 2.75) is 0 Å². The summed E-state index contributed by atoms with van der Waals surface area (Å²) in [5, 5.41) is 0. The fourth-order valence-electron chi connectivity index (χ4n) is 0.487. The molecule has 0 saturated carbocycles. The molecule has 0 saturated heterocycles. The van der Waals surface area contributed by atoms with Crippen LogP contribution < -0.4 is 5.73 Å². The number of hydrogen-bond acceptors (Lipinski definition) is 2. The van der Waals surface area contributed by atoms with Crippen LogP contribution in [-0.2, 0) is 0 Å². The van der Waals surface area contributed by atoms with Gasteiger partial charge in [-0.1, -0.05) is 0 Å². The molecule has 1 heterocycles. The van der Waals surface area contributed by atoms with E-state index in [2.05, 4.69) is 4.98 Å². The van der Waals surface area contributed by atoms with Gasteiger partial charge in [0.1, 0.15) is 0 Å². The summed E-state index contributed by atoms with van der Waals surface area (Å²) in [6.45, 7) is 0. The van der Waals surface area contributed by atoms with Gasteiger partial charge in [0, 0.05) is 6.07 Å². The zero-order valence-corrected chi connectivity index (χ0v) is 4.74. The number of nitrogen functional groups attached to an aromatic ring is 1. The molecule has 0 unspecified atom stereocenters. The highest BCUT2D eigenvalue weighted by atomic mass is 19.2. The Morgan fingerprint density at radius 3 is 2.40 bits per heavy atom. The van der Waals surface area contributed by atoms with Gasteiger partial charge in [0.2, 0.25) is 11.8 Å². The first-order chi connectivity index (χ1) is 4.61. The number of nitrogens with zero attached hydrogens (tertiary/aromatic N) is 1. The van der Waals surface area contributed by atoms with Crippen LogP contribution in [-0.4, -0.2) is 4.98 Å². The molecule has 0 aliphatic carbocycles. The average molecular weight is 148 g/mol. The molecule has 1 aromatic rings. The van der Waals surface area contributed by atoms with E-state index in [1.54, 1.807) is 0 Å². The number of anilines is 1. The van der Waals surface area contributed by atoms with Gasteiger partial charge in [0.05, 0.1) is 0 Å². The normalized spacial score (nSPS) is 9.90. The Hall–Kier alpha value is -1.26. The van der Waals surface area contributed by atoms with Crippen LogP contribution in [0.15, 0.2) is 6.07 Å². The smallest absolute Gasteiger partial charge is 0.217 e. The van der Waals surface area contributed by atoms with Crippen molar-refractivity contribution in [2.75, 3.05) is 5.73 Å². The Labute approximate surface area is 54.5 Å². The molecule has 5 heteroatoms. The molecule has 0 aromatic carbocycles. The summed E-state index contributed by atoms with van der Waals surface area (Å²) in [5.41, 5.74) is 4.76. The van der Waals surface area contributed by atoms with Crippen LogP contribution in [0.3, 0.4) is 0 Å². The van der Waals surface area contributed by atoms with E-state index in [-0.39, 0.29) is 0 Å². The molecule has 0 amide bonds. The zero-order valence-electron chi connectivity index (χ0n) is 4.74. The summed E-state index contributed by atoms with van der Waals surface area (Å²) in [4.78, 5) is 2.83. The standard InChI is InChI=1S/C5H3F3N2/c6-2-1-3(7)10-5(9)4(2)8/h1H,(H2,9,10). The Balaban J connectivity index is 3.31. The highest BCUT2D eigenvalue weighted by Crippen LogP contribution is 2.11. The van der Waals surface area contributed by atoms with Gasteiger partial charge < -0.3 is 5.73 Å². The van der Waals surface area contributed by atoms with E-state index in [0.717, 1.165) is 0 Å². The van der Waals surface area contributed by atoms with Gasteiger partial charge >= 0.3 is 0 Å². The van der Waals surface area contributed by atoms with Crippen molar-refractivity contribution in [2.24, 2.45) is 0 Å². The molecule has 0 atom stereocenters. The Kier molecular flexibility index (Phi) is 1.48. The second-order valence-electron chi connectivity index (χ2n) is 1.63. The maximum absolute atomic E-state index is 12.2. The van der Waals surface area contributed by atoms with Gasteiger partial charge in [0.15, 0.2) is 11.6 Å². The Morgan fingerprint density at radius 1 is 1.30 bits per heavy atom. The molecule has 54 valence electrons. The monoisotopic (exact) mass is 148 g/mol. The highest BCUT2D eigenvalue weighted by Gasteiger charge is 2.08. The third kappa shape index (κ3) is 1.02. The predicted octanol–water partition coefficient (Wildman–Crippen LogP) is 1.08. The third-order valence-electron chi connectivity index (χ3n) is 0.908. The van der Waals surface area contributed by atoms with Crippen molar-refractivity contribution in [3.63, 3.8) is 0 Å². The van der Waals surface area contributed by atoms with E-state index >= 15 is 0 Å². The van der Waals surface area contributed by atoms with E-state index in [1.807, 2.05) is 0 Å². The lowest BCUT2D eigenvalue weighted by Crippen LogP contribution is -2.00. The first kappa shape index (κ1) is 6.85. The molecule has 0 spiro atoms. The van der Waals surface area contributed by atoms with Gasteiger partial charge in [-0.3, -0.25) is 0 Å². The lowest BCUT2D eigenvalue weighted by molar-refractivity contribution is 0.484. The Bertz CT molecular complexity index is 238. The van der Waals surface area contributed by atoms with Crippen molar-refractivity contribution >= 4 is 5.82 Å². The van der Waals surface area contributed by atoms with Crippen LogP contribution in [0.2, 0.25) is 0 Å². The fourth-order valence-corrected chi connectivity index (χ4v) is 0.487. The molecule has 2 nitrogen and oxygen atoms in total. The molecule has 2 N–H and O–H groups in total. The summed E-state index contributed by atoms with van der Waals surface area (Å²) in [7, 11) is 0. The third-order valence-corrected chi connectivity index (χ3v) is 0.908. The largest absolute Gasteiger partial charge is 0.381 e. The first-order valence-electron chi connectivity index (χ1n) is 2.38. The SMILES string of the molecule is Nc1nc(F)cc(F)c1F. The maximum atomic E-state index is 12.2. The van der Waals surface area contributed by atoms with Gasteiger partial charge in [0.25, 0.3) is 0 Å². The minimum Gasteiger partial charge on any atom is -0.381 e. The summed E-state index contributed by atoms with van der Waals surface area (Å²) >= 11 is 0. The van der Waals surface area contributed by atoms with Crippen LogP contribution in [0.4, 0.5) is 19.0 Å². The zero-order chi connectivity index (χ0) is 7.72. The van der Waals surface area contributed by atoms with Crippen LogP contribution >= 0.6 is 0 Å². The molecule has 0 radical (unpaired) electrons. The molecule has 1 rings (SSSR count). The summed E-state index contributed by atoms with van der Waals surface area (Å²) in [5.74, 6) is -4.54.